The first-order chi connectivity index (χ1) is 11.2. The van der Waals surface area contributed by atoms with Gasteiger partial charge in [-0.2, -0.15) is 5.26 Å². The third-order valence-corrected chi connectivity index (χ3v) is 4.75. The Morgan fingerprint density at radius 3 is 2.70 bits per heavy atom. The van der Waals surface area contributed by atoms with Crippen LogP contribution in [0.3, 0.4) is 0 Å². The maximum absolute atomic E-state index is 8.83. The van der Waals surface area contributed by atoms with Crippen molar-refractivity contribution in [1.29, 1.82) is 5.26 Å². The molecule has 5 heteroatoms. The third-order valence-electron chi connectivity index (χ3n) is 4.75. The van der Waals surface area contributed by atoms with Crippen LogP contribution in [-0.4, -0.2) is 42.6 Å². The van der Waals surface area contributed by atoms with Crippen LogP contribution in [0.1, 0.15) is 37.3 Å². The number of hydrogen-bond acceptors (Lipinski definition) is 3. The largest absolute Gasteiger partial charge is 0.352 e. The van der Waals surface area contributed by atoms with Gasteiger partial charge in [0.1, 0.15) is 0 Å². The van der Waals surface area contributed by atoms with Gasteiger partial charge < -0.3 is 10.6 Å². The second-order valence-electron chi connectivity index (χ2n) is 6.59. The molecular weight excluding hydrogens is 286 g/mol. The molecule has 2 unspecified atom stereocenters. The van der Waals surface area contributed by atoms with E-state index >= 15 is 0 Å². The molecule has 2 aliphatic rings. The molecule has 5 nitrogen and oxygen atoms in total. The van der Waals surface area contributed by atoms with Gasteiger partial charge in [0.2, 0.25) is 0 Å². The minimum absolute atomic E-state index is 0.470. The minimum Gasteiger partial charge on any atom is -0.352 e. The van der Waals surface area contributed by atoms with Crippen molar-refractivity contribution in [3.8, 4) is 6.07 Å². The van der Waals surface area contributed by atoms with Crippen LogP contribution in [0.25, 0.3) is 0 Å². The lowest BCUT2D eigenvalue weighted by molar-refractivity contribution is 0.256. The summed E-state index contributed by atoms with van der Waals surface area (Å²) in [6, 6.07) is 11.7. The van der Waals surface area contributed by atoms with Crippen LogP contribution in [0.15, 0.2) is 29.3 Å². The number of benzene rings is 1. The molecule has 1 aromatic rings. The van der Waals surface area contributed by atoms with E-state index in [9.17, 15) is 0 Å². The van der Waals surface area contributed by atoms with Crippen LogP contribution in [-0.2, 0) is 6.54 Å². The Morgan fingerprint density at radius 2 is 2.09 bits per heavy atom. The van der Waals surface area contributed by atoms with Crippen molar-refractivity contribution < 1.29 is 0 Å². The zero-order chi connectivity index (χ0) is 16.2. The predicted octanol–water partition coefficient (Wildman–Crippen LogP) is 1.85. The van der Waals surface area contributed by atoms with E-state index < -0.39 is 0 Å². The van der Waals surface area contributed by atoms with E-state index in [4.69, 9.17) is 5.26 Å². The molecule has 1 aromatic carbocycles. The molecule has 1 heterocycles. The van der Waals surface area contributed by atoms with Gasteiger partial charge in [0.25, 0.3) is 0 Å². The molecule has 23 heavy (non-hydrogen) atoms. The first-order valence-electron chi connectivity index (χ1n) is 8.41. The van der Waals surface area contributed by atoms with Crippen LogP contribution in [0.5, 0.6) is 0 Å². The fourth-order valence-corrected chi connectivity index (χ4v) is 3.35. The third kappa shape index (κ3) is 4.02. The van der Waals surface area contributed by atoms with Gasteiger partial charge >= 0.3 is 0 Å². The molecule has 3 rings (SSSR count). The molecule has 0 aromatic heterocycles. The SMILES string of the molecule is CN=C(NCc1ccc(C#N)cc1)NC1CC(C)N(C2CC2)C1. The van der Waals surface area contributed by atoms with E-state index in [0.717, 1.165) is 24.1 Å². The Bertz CT molecular complexity index is 597. The number of hydrogen-bond donors (Lipinski definition) is 2. The van der Waals surface area contributed by atoms with E-state index in [0.29, 0.717) is 24.2 Å². The topological polar surface area (TPSA) is 63.5 Å². The maximum atomic E-state index is 8.83. The number of nitrogens with zero attached hydrogens (tertiary/aromatic N) is 3. The number of rotatable bonds is 4. The summed E-state index contributed by atoms with van der Waals surface area (Å²) in [7, 11) is 1.81. The lowest BCUT2D eigenvalue weighted by Crippen LogP contribution is -2.44. The Hall–Kier alpha value is -2.06. The van der Waals surface area contributed by atoms with Crippen molar-refractivity contribution >= 4 is 5.96 Å². The summed E-state index contributed by atoms with van der Waals surface area (Å²) in [4.78, 5) is 6.96. The van der Waals surface area contributed by atoms with Crippen molar-refractivity contribution in [2.75, 3.05) is 13.6 Å². The highest BCUT2D eigenvalue weighted by atomic mass is 15.3. The zero-order valence-electron chi connectivity index (χ0n) is 13.9. The van der Waals surface area contributed by atoms with Crippen molar-refractivity contribution in [3.05, 3.63) is 35.4 Å². The molecule has 122 valence electrons. The second kappa shape index (κ2) is 7.01. The molecule has 1 saturated carbocycles. The second-order valence-corrected chi connectivity index (χ2v) is 6.59. The van der Waals surface area contributed by atoms with Crippen LogP contribution < -0.4 is 10.6 Å². The van der Waals surface area contributed by atoms with E-state index in [1.807, 2.05) is 31.3 Å². The average Bonchev–Trinajstić information content (AvgIpc) is 3.35. The van der Waals surface area contributed by atoms with Gasteiger partial charge in [-0.15, -0.1) is 0 Å². The van der Waals surface area contributed by atoms with Crippen LogP contribution >= 0.6 is 0 Å². The van der Waals surface area contributed by atoms with E-state index in [1.165, 1.54) is 19.3 Å². The molecule has 0 amide bonds. The Morgan fingerprint density at radius 1 is 1.35 bits per heavy atom. The highest BCUT2D eigenvalue weighted by Gasteiger charge is 2.38. The van der Waals surface area contributed by atoms with Gasteiger partial charge in [0.15, 0.2) is 5.96 Å². The Kier molecular flexibility index (Phi) is 4.82. The van der Waals surface area contributed by atoms with Gasteiger partial charge in [-0.25, -0.2) is 0 Å². The number of guanidine groups is 1. The number of nitrogens with one attached hydrogen (secondary N) is 2. The number of likely N-dealkylation sites (tertiary alicyclic amines) is 1. The molecule has 2 fully saturated rings. The van der Waals surface area contributed by atoms with Crippen LogP contribution in [0.4, 0.5) is 0 Å². The highest BCUT2D eigenvalue weighted by molar-refractivity contribution is 5.80. The average molecular weight is 311 g/mol. The molecule has 0 bridgehead atoms. The van der Waals surface area contributed by atoms with E-state index in [2.05, 4.69) is 33.5 Å². The zero-order valence-corrected chi connectivity index (χ0v) is 13.9. The van der Waals surface area contributed by atoms with Crippen LogP contribution in [0, 0.1) is 11.3 Å². The van der Waals surface area contributed by atoms with E-state index in [-0.39, 0.29) is 0 Å². The maximum Gasteiger partial charge on any atom is 0.191 e. The Balaban J connectivity index is 1.49. The summed E-state index contributed by atoms with van der Waals surface area (Å²) in [5, 5.41) is 15.7. The van der Waals surface area contributed by atoms with E-state index in [1.54, 1.807) is 0 Å². The quantitative estimate of drug-likeness (QED) is 0.658. The summed E-state index contributed by atoms with van der Waals surface area (Å²) in [5.41, 5.74) is 1.84. The summed E-state index contributed by atoms with van der Waals surface area (Å²) in [6.45, 7) is 4.15. The molecule has 0 radical (unpaired) electrons. The predicted molar refractivity (Wildman–Crippen MR) is 92.1 cm³/mol. The van der Waals surface area contributed by atoms with Gasteiger partial charge in [0, 0.05) is 38.3 Å². The first-order valence-corrected chi connectivity index (χ1v) is 8.41. The normalized spacial score (nSPS) is 25.2. The lowest BCUT2D eigenvalue weighted by Gasteiger charge is -2.20. The van der Waals surface area contributed by atoms with Crippen molar-refractivity contribution in [2.45, 2.75) is 50.9 Å². The first kappa shape index (κ1) is 15.8. The van der Waals surface area contributed by atoms with Gasteiger partial charge in [-0.05, 0) is 43.9 Å². The molecule has 0 spiro atoms. The summed E-state index contributed by atoms with van der Waals surface area (Å²) in [5.74, 6) is 0.851. The molecule has 1 aliphatic carbocycles. The monoisotopic (exact) mass is 311 g/mol. The lowest BCUT2D eigenvalue weighted by atomic mass is 10.1. The molecular formula is C18H25N5. The summed E-state index contributed by atoms with van der Waals surface area (Å²) >= 11 is 0. The van der Waals surface area contributed by atoms with Gasteiger partial charge in [-0.3, -0.25) is 9.89 Å². The highest BCUT2D eigenvalue weighted by Crippen LogP contribution is 2.33. The smallest absolute Gasteiger partial charge is 0.191 e. The van der Waals surface area contributed by atoms with Gasteiger partial charge in [-0.1, -0.05) is 12.1 Å². The van der Waals surface area contributed by atoms with Crippen molar-refractivity contribution in [2.24, 2.45) is 4.99 Å². The van der Waals surface area contributed by atoms with Gasteiger partial charge in [0.05, 0.1) is 11.6 Å². The number of nitriles is 1. The molecule has 1 aliphatic heterocycles. The fourth-order valence-electron chi connectivity index (χ4n) is 3.35. The van der Waals surface area contributed by atoms with Crippen LogP contribution in [0.2, 0.25) is 0 Å². The summed E-state index contributed by atoms with van der Waals surface area (Å²) in [6.07, 6.45) is 3.90. The standard InChI is InChI=1S/C18H25N5/c1-13-9-16(12-23(13)17-7-8-17)22-18(20-2)21-11-15-5-3-14(10-19)4-6-15/h3-6,13,16-17H,7-9,11-12H2,1-2H3,(H2,20,21,22). The van der Waals surface area contributed by atoms with Crippen molar-refractivity contribution in [1.82, 2.24) is 15.5 Å². The Labute approximate surface area is 138 Å². The minimum atomic E-state index is 0.470. The molecule has 1 saturated heterocycles. The van der Waals surface area contributed by atoms with Crippen molar-refractivity contribution in [3.63, 3.8) is 0 Å². The fraction of sp³-hybridized carbons (Fsp3) is 0.556. The summed E-state index contributed by atoms with van der Waals surface area (Å²) < 4.78 is 0. The molecule has 2 atom stereocenters. The molecule has 2 N–H and O–H groups in total. The number of aliphatic imine (C=N–C) groups is 1.